The maximum Gasteiger partial charge on any atom is 0.134 e. The zero-order chi connectivity index (χ0) is 14.0. The van der Waals surface area contributed by atoms with Gasteiger partial charge in [0.2, 0.25) is 0 Å². The molecule has 0 aliphatic carbocycles. The van der Waals surface area contributed by atoms with Gasteiger partial charge in [0, 0.05) is 32.2 Å². The molecular formula is C14H22BrN3O. The van der Waals surface area contributed by atoms with Gasteiger partial charge in [-0.1, -0.05) is 20.8 Å². The van der Waals surface area contributed by atoms with Crippen LogP contribution in [0, 0.1) is 5.92 Å². The largest absolute Gasteiger partial charge is 0.379 e. The third-order valence-electron chi connectivity index (χ3n) is 3.73. The third kappa shape index (κ3) is 3.45. The van der Waals surface area contributed by atoms with E-state index in [0.717, 1.165) is 35.8 Å². The molecule has 106 valence electrons. The molecule has 2 rings (SSSR count). The lowest BCUT2D eigenvalue weighted by Crippen LogP contribution is -2.44. The van der Waals surface area contributed by atoms with E-state index in [-0.39, 0.29) is 6.10 Å². The molecule has 1 aromatic rings. The van der Waals surface area contributed by atoms with Gasteiger partial charge in [-0.2, -0.15) is 0 Å². The first kappa shape index (κ1) is 14.7. The second-order valence-electron chi connectivity index (χ2n) is 5.55. The molecule has 0 saturated carbocycles. The van der Waals surface area contributed by atoms with Crippen LogP contribution in [0.2, 0.25) is 0 Å². The smallest absolute Gasteiger partial charge is 0.134 e. The highest BCUT2D eigenvalue weighted by molar-refractivity contribution is 9.10. The third-order valence-corrected chi connectivity index (χ3v) is 4.14. The second kappa shape index (κ2) is 6.18. The summed E-state index contributed by atoms with van der Waals surface area (Å²) in [5.74, 6) is 2.82. The van der Waals surface area contributed by atoms with Crippen LogP contribution in [0.25, 0.3) is 0 Å². The molecular weight excluding hydrogens is 306 g/mol. The number of halogens is 1. The summed E-state index contributed by atoms with van der Waals surface area (Å²) in [5, 5.41) is 0. The predicted octanol–water partition coefficient (Wildman–Crippen LogP) is 3.22. The minimum absolute atomic E-state index is 0.282. The van der Waals surface area contributed by atoms with E-state index in [1.165, 1.54) is 0 Å². The number of methoxy groups -OCH3 is 1. The van der Waals surface area contributed by atoms with E-state index in [1.54, 1.807) is 7.11 Å². The fourth-order valence-corrected chi connectivity index (χ4v) is 2.78. The summed E-state index contributed by atoms with van der Waals surface area (Å²) >= 11 is 3.48. The number of hydrogen-bond donors (Lipinski definition) is 0. The Bertz CT molecular complexity index is 439. The monoisotopic (exact) mass is 327 g/mol. The number of rotatable bonds is 3. The van der Waals surface area contributed by atoms with Crippen molar-refractivity contribution < 1.29 is 4.74 Å². The Labute approximate surface area is 123 Å². The van der Waals surface area contributed by atoms with Crippen molar-refractivity contribution in [2.45, 2.75) is 39.2 Å². The molecule has 0 radical (unpaired) electrons. The molecule has 0 N–H and O–H groups in total. The van der Waals surface area contributed by atoms with Crippen LogP contribution in [0.15, 0.2) is 10.7 Å². The zero-order valence-corrected chi connectivity index (χ0v) is 13.6. The molecule has 0 aromatic carbocycles. The highest BCUT2D eigenvalue weighted by Gasteiger charge is 2.27. The van der Waals surface area contributed by atoms with Gasteiger partial charge in [0.1, 0.15) is 16.2 Å². The predicted molar refractivity (Wildman–Crippen MR) is 80.6 cm³/mol. The van der Waals surface area contributed by atoms with Gasteiger partial charge in [-0.05, 0) is 28.3 Å². The number of anilines is 1. The number of ether oxygens (including phenoxy) is 1. The van der Waals surface area contributed by atoms with Gasteiger partial charge in [0.15, 0.2) is 0 Å². The van der Waals surface area contributed by atoms with Gasteiger partial charge < -0.3 is 9.64 Å². The van der Waals surface area contributed by atoms with E-state index < -0.39 is 0 Å². The van der Waals surface area contributed by atoms with Crippen LogP contribution in [0.1, 0.15) is 38.9 Å². The quantitative estimate of drug-likeness (QED) is 0.799. The van der Waals surface area contributed by atoms with Crippen LogP contribution < -0.4 is 4.90 Å². The van der Waals surface area contributed by atoms with Crippen LogP contribution in [-0.4, -0.2) is 36.3 Å². The lowest BCUT2D eigenvalue weighted by Gasteiger charge is -2.37. The second-order valence-corrected chi connectivity index (χ2v) is 6.36. The Kier molecular flexibility index (Phi) is 4.79. The molecule has 1 fully saturated rings. The van der Waals surface area contributed by atoms with E-state index in [9.17, 15) is 0 Å². The van der Waals surface area contributed by atoms with Gasteiger partial charge in [0.05, 0.1) is 6.10 Å². The highest BCUT2D eigenvalue weighted by atomic mass is 79.9. The summed E-state index contributed by atoms with van der Waals surface area (Å²) in [4.78, 5) is 11.4. The Hall–Kier alpha value is -0.680. The standard InChI is InChI=1S/C14H22BrN3O/c1-9(2)14-16-12(15)7-13(17-14)18-6-5-10(3)11(8-18)19-4/h7,9-11H,5-6,8H2,1-4H3. The van der Waals surface area contributed by atoms with E-state index >= 15 is 0 Å². The van der Waals surface area contributed by atoms with Crippen molar-refractivity contribution in [3.63, 3.8) is 0 Å². The van der Waals surface area contributed by atoms with Crippen molar-refractivity contribution in [1.82, 2.24) is 9.97 Å². The summed E-state index contributed by atoms with van der Waals surface area (Å²) in [6.45, 7) is 8.41. The summed E-state index contributed by atoms with van der Waals surface area (Å²) in [5.41, 5.74) is 0. The molecule has 0 spiro atoms. The van der Waals surface area contributed by atoms with Crippen molar-refractivity contribution in [3.8, 4) is 0 Å². The first-order valence-electron chi connectivity index (χ1n) is 6.83. The van der Waals surface area contributed by atoms with Gasteiger partial charge in [-0.15, -0.1) is 0 Å². The summed E-state index contributed by atoms with van der Waals surface area (Å²) in [7, 11) is 1.79. The summed E-state index contributed by atoms with van der Waals surface area (Å²) in [6.07, 6.45) is 1.42. The average Bonchev–Trinajstić information content (AvgIpc) is 2.38. The molecule has 1 aliphatic rings. The van der Waals surface area contributed by atoms with Crippen LogP contribution >= 0.6 is 15.9 Å². The van der Waals surface area contributed by atoms with Gasteiger partial charge in [0.25, 0.3) is 0 Å². The average molecular weight is 328 g/mol. The molecule has 1 saturated heterocycles. The first-order valence-corrected chi connectivity index (χ1v) is 7.62. The Morgan fingerprint density at radius 2 is 2.16 bits per heavy atom. The van der Waals surface area contributed by atoms with Crippen molar-refractivity contribution in [3.05, 3.63) is 16.5 Å². The molecule has 19 heavy (non-hydrogen) atoms. The fourth-order valence-electron chi connectivity index (χ4n) is 2.39. The maximum absolute atomic E-state index is 5.57. The Morgan fingerprint density at radius 3 is 2.79 bits per heavy atom. The molecule has 2 unspecified atom stereocenters. The SMILES string of the molecule is COC1CN(c2cc(Br)nc(C(C)C)n2)CCC1C. The van der Waals surface area contributed by atoms with Gasteiger partial charge in [-0.25, -0.2) is 9.97 Å². The van der Waals surface area contributed by atoms with Crippen molar-refractivity contribution in [2.75, 3.05) is 25.1 Å². The molecule has 0 bridgehead atoms. The first-order chi connectivity index (χ1) is 9.01. The molecule has 1 aliphatic heterocycles. The molecule has 1 aromatic heterocycles. The van der Waals surface area contributed by atoms with Crippen LogP contribution in [0.3, 0.4) is 0 Å². The summed E-state index contributed by atoms with van der Waals surface area (Å²) in [6, 6.07) is 1.99. The van der Waals surface area contributed by atoms with E-state index in [2.05, 4.69) is 51.6 Å². The van der Waals surface area contributed by atoms with Crippen LogP contribution in [-0.2, 0) is 4.74 Å². The van der Waals surface area contributed by atoms with Crippen molar-refractivity contribution in [2.24, 2.45) is 5.92 Å². The van der Waals surface area contributed by atoms with Crippen molar-refractivity contribution >= 4 is 21.7 Å². The van der Waals surface area contributed by atoms with E-state index in [1.807, 2.05) is 6.07 Å². The molecule has 5 heteroatoms. The molecule has 0 amide bonds. The lowest BCUT2D eigenvalue weighted by atomic mass is 9.96. The van der Waals surface area contributed by atoms with Crippen LogP contribution in [0.5, 0.6) is 0 Å². The molecule has 2 heterocycles. The highest BCUT2D eigenvalue weighted by Crippen LogP contribution is 2.26. The minimum atomic E-state index is 0.282. The molecule has 4 nitrogen and oxygen atoms in total. The Balaban J connectivity index is 2.22. The molecule has 2 atom stereocenters. The number of piperidine rings is 1. The minimum Gasteiger partial charge on any atom is -0.379 e. The van der Waals surface area contributed by atoms with E-state index in [0.29, 0.717) is 11.8 Å². The Morgan fingerprint density at radius 1 is 1.42 bits per heavy atom. The number of aromatic nitrogens is 2. The number of hydrogen-bond acceptors (Lipinski definition) is 4. The maximum atomic E-state index is 5.57. The van der Waals surface area contributed by atoms with Gasteiger partial charge >= 0.3 is 0 Å². The normalized spacial score (nSPS) is 24.0. The fraction of sp³-hybridized carbons (Fsp3) is 0.714. The van der Waals surface area contributed by atoms with Gasteiger partial charge in [-0.3, -0.25) is 0 Å². The topological polar surface area (TPSA) is 38.2 Å². The van der Waals surface area contributed by atoms with Crippen LogP contribution in [0.4, 0.5) is 5.82 Å². The number of nitrogens with zero attached hydrogens (tertiary/aromatic N) is 3. The zero-order valence-electron chi connectivity index (χ0n) is 12.1. The lowest BCUT2D eigenvalue weighted by molar-refractivity contribution is 0.0496. The van der Waals surface area contributed by atoms with E-state index in [4.69, 9.17) is 4.74 Å². The summed E-state index contributed by atoms with van der Waals surface area (Å²) < 4.78 is 6.42. The van der Waals surface area contributed by atoms with Crippen molar-refractivity contribution in [1.29, 1.82) is 0 Å².